The summed E-state index contributed by atoms with van der Waals surface area (Å²) in [5.41, 5.74) is 1.24. The summed E-state index contributed by atoms with van der Waals surface area (Å²) < 4.78 is 0. The molecule has 1 fully saturated rings. The zero-order valence-electron chi connectivity index (χ0n) is 14.1. The van der Waals surface area contributed by atoms with Crippen molar-refractivity contribution >= 4 is 11.8 Å². The average molecular weight is 310 g/mol. The molecule has 1 aromatic heterocycles. The highest BCUT2D eigenvalue weighted by Gasteiger charge is 2.22. The van der Waals surface area contributed by atoms with E-state index in [9.17, 15) is 0 Å². The van der Waals surface area contributed by atoms with Gasteiger partial charge in [-0.2, -0.15) is 4.98 Å². The van der Waals surface area contributed by atoms with E-state index in [0.29, 0.717) is 12.0 Å². The predicted octanol–water partition coefficient (Wildman–Crippen LogP) is 4.42. The third-order valence-corrected chi connectivity index (χ3v) is 4.68. The van der Waals surface area contributed by atoms with Crippen LogP contribution in [0.4, 0.5) is 11.8 Å². The van der Waals surface area contributed by atoms with E-state index in [1.807, 2.05) is 18.3 Å². The zero-order chi connectivity index (χ0) is 16.1. The Morgan fingerprint density at radius 2 is 2.04 bits per heavy atom. The Hall–Kier alpha value is -2.10. The summed E-state index contributed by atoms with van der Waals surface area (Å²) in [5.74, 6) is 1.76. The van der Waals surface area contributed by atoms with Crippen LogP contribution in [0.2, 0.25) is 0 Å². The van der Waals surface area contributed by atoms with E-state index in [1.165, 1.54) is 31.2 Å². The fourth-order valence-electron chi connectivity index (χ4n) is 3.32. The van der Waals surface area contributed by atoms with Crippen LogP contribution in [0.25, 0.3) is 0 Å². The molecule has 1 aromatic carbocycles. The van der Waals surface area contributed by atoms with Crippen LogP contribution >= 0.6 is 0 Å². The fraction of sp³-hybridized carbons (Fsp3) is 0.474. The van der Waals surface area contributed by atoms with Crippen LogP contribution in [0.3, 0.4) is 0 Å². The van der Waals surface area contributed by atoms with Gasteiger partial charge in [-0.3, -0.25) is 0 Å². The SMILES string of the molecule is CCC1CCCCN1c1ccnc(NC(C)c2ccccc2)n1. The summed E-state index contributed by atoms with van der Waals surface area (Å²) in [6.07, 6.45) is 6.89. The molecule has 122 valence electrons. The summed E-state index contributed by atoms with van der Waals surface area (Å²) in [4.78, 5) is 11.6. The maximum absolute atomic E-state index is 4.76. The van der Waals surface area contributed by atoms with Crippen LogP contribution in [-0.2, 0) is 0 Å². The molecule has 0 aliphatic carbocycles. The van der Waals surface area contributed by atoms with E-state index in [-0.39, 0.29) is 6.04 Å². The van der Waals surface area contributed by atoms with Crippen molar-refractivity contribution in [2.24, 2.45) is 0 Å². The lowest BCUT2D eigenvalue weighted by atomic mass is 10.0. The van der Waals surface area contributed by atoms with Crippen LogP contribution in [0.5, 0.6) is 0 Å². The third-order valence-electron chi connectivity index (χ3n) is 4.68. The molecule has 0 radical (unpaired) electrons. The Morgan fingerprint density at radius 3 is 2.83 bits per heavy atom. The van der Waals surface area contributed by atoms with Gasteiger partial charge >= 0.3 is 0 Å². The van der Waals surface area contributed by atoms with E-state index in [0.717, 1.165) is 12.4 Å². The first-order valence-corrected chi connectivity index (χ1v) is 8.69. The van der Waals surface area contributed by atoms with Gasteiger partial charge in [0.2, 0.25) is 5.95 Å². The van der Waals surface area contributed by atoms with Crippen molar-refractivity contribution in [1.82, 2.24) is 9.97 Å². The number of hydrogen-bond acceptors (Lipinski definition) is 4. The summed E-state index contributed by atoms with van der Waals surface area (Å²) in [6.45, 7) is 5.51. The van der Waals surface area contributed by atoms with Gasteiger partial charge in [-0.15, -0.1) is 0 Å². The molecule has 2 heterocycles. The Morgan fingerprint density at radius 1 is 1.22 bits per heavy atom. The zero-order valence-corrected chi connectivity index (χ0v) is 14.1. The minimum absolute atomic E-state index is 0.190. The molecule has 0 bridgehead atoms. The number of nitrogens with one attached hydrogen (secondary N) is 1. The van der Waals surface area contributed by atoms with Crippen LogP contribution in [-0.4, -0.2) is 22.6 Å². The molecule has 4 nitrogen and oxygen atoms in total. The minimum Gasteiger partial charge on any atom is -0.353 e. The first-order valence-electron chi connectivity index (χ1n) is 8.69. The smallest absolute Gasteiger partial charge is 0.225 e. The average Bonchev–Trinajstić information content (AvgIpc) is 2.62. The predicted molar refractivity (Wildman–Crippen MR) is 95.8 cm³/mol. The molecule has 23 heavy (non-hydrogen) atoms. The van der Waals surface area contributed by atoms with E-state index in [1.54, 1.807) is 0 Å². The highest BCUT2D eigenvalue weighted by Crippen LogP contribution is 2.26. The van der Waals surface area contributed by atoms with E-state index in [2.05, 4.69) is 53.3 Å². The molecular formula is C19H26N4. The van der Waals surface area contributed by atoms with Crippen molar-refractivity contribution in [1.29, 1.82) is 0 Å². The van der Waals surface area contributed by atoms with Gasteiger partial charge in [-0.05, 0) is 44.2 Å². The fourth-order valence-corrected chi connectivity index (χ4v) is 3.32. The number of hydrogen-bond donors (Lipinski definition) is 1. The highest BCUT2D eigenvalue weighted by atomic mass is 15.2. The molecule has 2 atom stereocenters. The second kappa shape index (κ2) is 7.44. The topological polar surface area (TPSA) is 41.1 Å². The van der Waals surface area contributed by atoms with Crippen LogP contribution in [0.1, 0.15) is 51.1 Å². The molecule has 1 saturated heterocycles. The van der Waals surface area contributed by atoms with Gasteiger partial charge in [0.1, 0.15) is 5.82 Å². The normalized spacial score (nSPS) is 19.4. The summed E-state index contributed by atoms with van der Waals surface area (Å²) in [7, 11) is 0. The number of benzene rings is 1. The Bertz CT molecular complexity index is 614. The molecule has 2 unspecified atom stereocenters. The second-order valence-corrected chi connectivity index (χ2v) is 6.27. The van der Waals surface area contributed by atoms with E-state index < -0.39 is 0 Å². The molecule has 4 heteroatoms. The van der Waals surface area contributed by atoms with Crippen molar-refractivity contribution in [2.45, 2.75) is 51.6 Å². The monoisotopic (exact) mass is 310 g/mol. The quantitative estimate of drug-likeness (QED) is 0.887. The largest absolute Gasteiger partial charge is 0.353 e. The number of anilines is 2. The van der Waals surface area contributed by atoms with Gasteiger partial charge in [-0.1, -0.05) is 37.3 Å². The second-order valence-electron chi connectivity index (χ2n) is 6.27. The summed E-state index contributed by atoms with van der Waals surface area (Å²) >= 11 is 0. The van der Waals surface area contributed by atoms with E-state index in [4.69, 9.17) is 4.98 Å². The standard InChI is InChI=1S/C19H26N4/c1-3-17-11-7-8-14-23(17)18-12-13-20-19(22-18)21-15(2)16-9-5-4-6-10-16/h4-6,9-10,12-13,15,17H,3,7-8,11,14H2,1-2H3,(H,20,21,22). The van der Waals surface area contributed by atoms with Gasteiger partial charge < -0.3 is 10.2 Å². The maximum atomic E-state index is 4.76. The van der Waals surface area contributed by atoms with Crippen molar-refractivity contribution in [3.63, 3.8) is 0 Å². The number of aromatic nitrogens is 2. The highest BCUT2D eigenvalue weighted by molar-refractivity contribution is 5.44. The molecule has 1 aliphatic rings. The van der Waals surface area contributed by atoms with Gasteiger partial charge in [0.05, 0.1) is 6.04 Å². The number of rotatable bonds is 5. The van der Waals surface area contributed by atoms with Crippen LogP contribution < -0.4 is 10.2 Å². The lowest BCUT2D eigenvalue weighted by Gasteiger charge is -2.36. The molecule has 0 spiro atoms. The minimum atomic E-state index is 0.190. The van der Waals surface area contributed by atoms with Gasteiger partial charge in [0.15, 0.2) is 0 Å². The van der Waals surface area contributed by atoms with Gasteiger partial charge in [0, 0.05) is 18.8 Å². The summed E-state index contributed by atoms with van der Waals surface area (Å²) in [6, 6.07) is 13.2. The van der Waals surface area contributed by atoms with Crippen molar-refractivity contribution < 1.29 is 0 Å². The van der Waals surface area contributed by atoms with Gasteiger partial charge in [-0.25, -0.2) is 4.98 Å². The number of nitrogens with zero attached hydrogens (tertiary/aromatic N) is 3. The number of piperidine rings is 1. The third kappa shape index (κ3) is 3.81. The Balaban J connectivity index is 1.74. The van der Waals surface area contributed by atoms with E-state index >= 15 is 0 Å². The van der Waals surface area contributed by atoms with Crippen molar-refractivity contribution in [2.75, 3.05) is 16.8 Å². The van der Waals surface area contributed by atoms with Crippen LogP contribution in [0, 0.1) is 0 Å². The molecule has 3 rings (SSSR count). The molecule has 0 saturated carbocycles. The molecule has 2 aromatic rings. The molecule has 1 aliphatic heterocycles. The molecular weight excluding hydrogens is 284 g/mol. The maximum Gasteiger partial charge on any atom is 0.225 e. The molecule has 1 N–H and O–H groups in total. The Labute approximate surface area is 139 Å². The Kier molecular flexibility index (Phi) is 5.11. The molecule has 0 amide bonds. The lowest BCUT2D eigenvalue weighted by molar-refractivity contribution is 0.446. The van der Waals surface area contributed by atoms with Crippen molar-refractivity contribution in [3.05, 3.63) is 48.2 Å². The first kappa shape index (κ1) is 15.8. The summed E-state index contributed by atoms with van der Waals surface area (Å²) in [5, 5.41) is 3.42. The first-order chi connectivity index (χ1) is 11.3. The van der Waals surface area contributed by atoms with Gasteiger partial charge in [0.25, 0.3) is 0 Å². The van der Waals surface area contributed by atoms with Crippen molar-refractivity contribution in [3.8, 4) is 0 Å². The lowest BCUT2D eigenvalue weighted by Crippen LogP contribution is -2.39. The van der Waals surface area contributed by atoms with Crippen LogP contribution in [0.15, 0.2) is 42.6 Å².